The largest absolute Gasteiger partial charge is 0.338 e. The van der Waals surface area contributed by atoms with Crippen LogP contribution in [0.5, 0.6) is 0 Å². The highest BCUT2D eigenvalue weighted by Crippen LogP contribution is 2.26. The molecule has 1 N–H and O–H groups in total. The van der Waals surface area contributed by atoms with Crippen LogP contribution in [0, 0.1) is 5.92 Å². The van der Waals surface area contributed by atoms with Gasteiger partial charge in [0.15, 0.2) is 0 Å². The lowest BCUT2D eigenvalue weighted by Gasteiger charge is -2.16. The first-order valence-electron chi connectivity index (χ1n) is 5.73. The summed E-state index contributed by atoms with van der Waals surface area (Å²) >= 11 is 0. The Balaban J connectivity index is 2.05. The highest BCUT2D eigenvalue weighted by molar-refractivity contribution is 5.73. The van der Waals surface area contributed by atoms with Crippen LogP contribution in [0.2, 0.25) is 0 Å². The smallest absolute Gasteiger partial charge is 0.317 e. The molecule has 0 spiro atoms. The first kappa shape index (κ1) is 11.3. The van der Waals surface area contributed by atoms with Gasteiger partial charge in [-0.2, -0.15) is 0 Å². The second-order valence-electron chi connectivity index (χ2n) is 4.19. The number of urea groups is 1. The number of carbonyl (C=O) groups is 1. The summed E-state index contributed by atoms with van der Waals surface area (Å²) in [5.74, 6) is 0.863. The van der Waals surface area contributed by atoms with E-state index in [1.807, 2.05) is 14.0 Å². The molecular weight excluding hydrogens is 176 g/mol. The molecule has 82 valence electrons. The third kappa shape index (κ3) is 3.56. The number of rotatable bonds is 4. The summed E-state index contributed by atoms with van der Waals surface area (Å²) in [6.07, 6.45) is 6.64. The van der Waals surface area contributed by atoms with Crippen LogP contribution >= 0.6 is 0 Å². The molecule has 0 aliphatic heterocycles. The number of carbonyl (C=O) groups excluding carboxylic acids is 1. The van der Waals surface area contributed by atoms with E-state index in [4.69, 9.17) is 0 Å². The Hall–Kier alpha value is -0.730. The van der Waals surface area contributed by atoms with Crippen LogP contribution in [0.15, 0.2) is 0 Å². The molecule has 1 fully saturated rings. The molecular formula is C11H22N2O. The van der Waals surface area contributed by atoms with Crippen molar-refractivity contribution in [2.24, 2.45) is 5.92 Å². The van der Waals surface area contributed by atoms with Crippen molar-refractivity contribution >= 4 is 6.03 Å². The maximum absolute atomic E-state index is 11.4. The molecule has 0 saturated heterocycles. The van der Waals surface area contributed by atoms with E-state index in [1.165, 1.54) is 25.7 Å². The molecule has 0 radical (unpaired) electrons. The maximum Gasteiger partial charge on any atom is 0.317 e. The van der Waals surface area contributed by atoms with Crippen molar-refractivity contribution in [2.75, 3.05) is 20.1 Å². The Morgan fingerprint density at radius 3 is 2.64 bits per heavy atom. The highest BCUT2D eigenvalue weighted by Gasteiger charge is 2.14. The molecule has 3 heteroatoms. The molecule has 0 unspecified atom stereocenters. The van der Waals surface area contributed by atoms with Crippen molar-refractivity contribution in [1.82, 2.24) is 10.2 Å². The lowest BCUT2D eigenvalue weighted by Crippen LogP contribution is -2.37. The van der Waals surface area contributed by atoms with E-state index in [0.717, 1.165) is 25.4 Å². The van der Waals surface area contributed by atoms with E-state index in [9.17, 15) is 4.79 Å². The fourth-order valence-corrected chi connectivity index (χ4v) is 1.96. The van der Waals surface area contributed by atoms with E-state index in [-0.39, 0.29) is 6.03 Å². The summed E-state index contributed by atoms with van der Waals surface area (Å²) in [7, 11) is 1.82. The van der Waals surface area contributed by atoms with Crippen molar-refractivity contribution in [2.45, 2.75) is 39.0 Å². The summed E-state index contributed by atoms with van der Waals surface area (Å²) in [6, 6.07) is 0.0606. The van der Waals surface area contributed by atoms with Gasteiger partial charge in [-0.1, -0.05) is 25.7 Å². The molecule has 0 atom stereocenters. The Morgan fingerprint density at radius 1 is 1.43 bits per heavy atom. The monoisotopic (exact) mass is 198 g/mol. The quantitative estimate of drug-likeness (QED) is 0.738. The standard InChI is InChI=1S/C11H22N2O/c1-3-13(2)11(14)12-9-8-10-6-4-5-7-10/h10H,3-9H2,1-2H3,(H,12,14). The van der Waals surface area contributed by atoms with Crippen LogP contribution < -0.4 is 5.32 Å². The van der Waals surface area contributed by atoms with Crippen LogP contribution in [0.3, 0.4) is 0 Å². The normalized spacial score (nSPS) is 17.0. The van der Waals surface area contributed by atoms with Crippen LogP contribution in [0.1, 0.15) is 39.0 Å². The molecule has 0 heterocycles. The van der Waals surface area contributed by atoms with Gasteiger partial charge < -0.3 is 10.2 Å². The molecule has 0 aromatic carbocycles. The molecule has 1 aliphatic rings. The topological polar surface area (TPSA) is 32.3 Å². The van der Waals surface area contributed by atoms with Crippen LogP contribution in [0.4, 0.5) is 4.79 Å². The van der Waals surface area contributed by atoms with E-state index in [2.05, 4.69) is 5.32 Å². The van der Waals surface area contributed by atoms with Gasteiger partial charge in [0.1, 0.15) is 0 Å². The van der Waals surface area contributed by atoms with Gasteiger partial charge in [0, 0.05) is 20.1 Å². The zero-order valence-electron chi connectivity index (χ0n) is 9.38. The zero-order valence-corrected chi connectivity index (χ0v) is 9.38. The fourth-order valence-electron chi connectivity index (χ4n) is 1.96. The predicted molar refractivity (Wildman–Crippen MR) is 58.3 cm³/mol. The highest BCUT2D eigenvalue weighted by atomic mass is 16.2. The molecule has 3 nitrogen and oxygen atoms in total. The van der Waals surface area contributed by atoms with Gasteiger partial charge in [0.25, 0.3) is 0 Å². The third-order valence-electron chi connectivity index (χ3n) is 3.12. The Morgan fingerprint density at radius 2 is 2.07 bits per heavy atom. The number of nitrogens with one attached hydrogen (secondary N) is 1. The van der Waals surface area contributed by atoms with Crippen LogP contribution in [0.25, 0.3) is 0 Å². The van der Waals surface area contributed by atoms with Crippen molar-refractivity contribution in [3.05, 3.63) is 0 Å². The van der Waals surface area contributed by atoms with Gasteiger partial charge in [-0.05, 0) is 19.3 Å². The summed E-state index contributed by atoms with van der Waals surface area (Å²) in [6.45, 7) is 3.60. The van der Waals surface area contributed by atoms with E-state index in [0.29, 0.717) is 0 Å². The van der Waals surface area contributed by atoms with E-state index >= 15 is 0 Å². The molecule has 1 aliphatic carbocycles. The van der Waals surface area contributed by atoms with Gasteiger partial charge in [0.2, 0.25) is 0 Å². The van der Waals surface area contributed by atoms with E-state index in [1.54, 1.807) is 4.90 Å². The first-order chi connectivity index (χ1) is 6.74. The average molecular weight is 198 g/mol. The van der Waals surface area contributed by atoms with Gasteiger partial charge in [-0.25, -0.2) is 4.79 Å². The van der Waals surface area contributed by atoms with Crippen LogP contribution in [-0.4, -0.2) is 31.1 Å². The minimum absolute atomic E-state index is 0.0606. The van der Waals surface area contributed by atoms with Gasteiger partial charge in [-0.3, -0.25) is 0 Å². The van der Waals surface area contributed by atoms with Crippen LogP contribution in [-0.2, 0) is 0 Å². The summed E-state index contributed by atoms with van der Waals surface area (Å²) < 4.78 is 0. The second kappa shape index (κ2) is 5.89. The predicted octanol–water partition coefficient (Wildman–Crippen LogP) is 2.23. The lowest BCUT2D eigenvalue weighted by atomic mass is 10.0. The second-order valence-corrected chi connectivity index (χ2v) is 4.19. The molecule has 0 bridgehead atoms. The fraction of sp³-hybridized carbons (Fsp3) is 0.909. The third-order valence-corrected chi connectivity index (χ3v) is 3.12. The SMILES string of the molecule is CCN(C)C(=O)NCCC1CCCC1. The Labute approximate surface area is 86.9 Å². The minimum Gasteiger partial charge on any atom is -0.338 e. The average Bonchev–Trinajstić information content (AvgIpc) is 2.69. The molecule has 1 rings (SSSR count). The maximum atomic E-state index is 11.4. The number of hydrogen-bond donors (Lipinski definition) is 1. The van der Waals surface area contributed by atoms with E-state index < -0.39 is 0 Å². The molecule has 14 heavy (non-hydrogen) atoms. The zero-order chi connectivity index (χ0) is 10.4. The molecule has 1 saturated carbocycles. The molecule has 0 aromatic rings. The van der Waals surface area contributed by atoms with Crippen molar-refractivity contribution in [3.8, 4) is 0 Å². The molecule has 0 aromatic heterocycles. The summed E-state index contributed by atoms with van der Waals surface area (Å²) in [4.78, 5) is 13.1. The van der Waals surface area contributed by atoms with Gasteiger partial charge in [-0.15, -0.1) is 0 Å². The minimum atomic E-state index is 0.0606. The number of hydrogen-bond acceptors (Lipinski definition) is 1. The number of amides is 2. The molecule has 2 amide bonds. The Bertz CT molecular complexity index is 176. The summed E-state index contributed by atoms with van der Waals surface area (Å²) in [5, 5.41) is 2.95. The van der Waals surface area contributed by atoms with Gasteiger partial charge >= 0.3 is 6.03 Å². The van der Waals surface area contributed by atoms with Gasteiger partial charge in [0.05, 0.1) is 0 Å². The first-order valence-corrected chi connectivity index (χ1v) is 5.73. The van der Waals surface area contributed by atoms with Crippen molar-refractivity contribution in [3.63, 3.8) is 0 Å². The Kier molecular flexibility index (Phi) is 4.77. The summed E-state index contributed by atoms with van der Waals surface area (Å²) in [5.41, 5.74) is 0. The van der Waals surface area contributed by atoms with Crippen molar-refractivity contribution in [1.29, 1.82) is 0 Å². The van der Waals surface area contributed by atoms with Crippen molar-refractivity contribution < 1.29 is 4.79 Å². The number of nitrogens with zero attached hydrogens (tertiary/aromatic N) is 1. The lowest BCUT2D eigenvalue weighted by molar-refractivity contribution is 0.210.